The van der Waals surface area contributed by atoms with Crippen LogP contribution in [-0.2, 0) is 27.4 Å². The van der Waals surface area contributed by atoms with Gasteiger partial charge in [-0.2, -0.15) is 0 Å². The lowest BCUT2D eigenvalue weighted by molar-refractivity contribution is -0.144. The molecule has 0 aliphatic carbocycles. The molecule has 4 nitrogen and oxygen atoms in total. The Balaban J connectivity index is 2.46. The maximum absolute atomic E-state index is 11.2. The van der Waals surface area contributed by atoms with Crippen LogP contribution in [0.1, 0.15) is 18.1 Å². The van der Waals surface area contributed by atoms with Gasteiger partial charge in [0.25, 0.3) is 0 Å². The van der Waals surface area contributed by atoms with Gasteiger partial charge in [0, 0.05) is 20.2 Å². The highest BCUT2D eigenvalue weighted by molar-refractivity contribution is 5.72. The Labute approximate surface area is 108 Å². The fourth-order valence-corrected chi connectivity index (χ4v) is 1.73. The maximum atomic E-state index is 11.2. The third kappa shape index (κ3) is 4.47. The van der Waals surface area contributed by atoms with Gasteiger partial charge in [0.1, 0.15) is 0 Å². The second-order valence-corrected chi connectivity index (χ2v) is 4.26. The summed E-state index contributed by atoms with van der Waals surface area (Å²) in [5, 5.41) is 3.26. The lowest BCUT2D eigenvalue weighted by Crippen LogP contribution is -2.27. The summed E-state index contributed by atoms with van der Waals surface area (Å²) < 4.78 is 9.83. The average Bonchev–Trinajstić information content (AvgIpc) is 2.40. The summed E-state index contributed by atoms with van der Waals surface area (Å²) in [6.45, 7) is 3.78. The van der Waals surface area contributed by atoms with Crippen molar-refractivity contribution in [1.82, 2.24) is 5.32 Å². The Bertz CT molecular complexity index is 379. The SMILES string of the molecule is COCc1ccccc1CNCC(C)C(=O)OC. The smallest absolute Gasteiger partial charge is 0.309 e. The Morgan fingerprint density at radius 2 is 1.94 bits per heavy atom. The van der Waals surface area contributed by atoms with Crippen LogP contribution in [-0.4, -0.2) is 26.7 Å². The molecule has 0 amide bonds. The zero-order chi connectivity index (χ0) is 13.4. The quantitative estimate of drug-likeness (QED) is 0.750. The predicted molar refractivity (Wildman–Crippen MR) is 70.0 cm³/mol. The number of rotatable bonds is 7. The van der Waals surface area contributed by atoms with Gasteiger partial charge in [0.05, 0.1) is 19.6 Å². The highest BCUT2D eigenvalue weighted by Crippen LogP contribution is 2.09. The van der Waals surface area contributed by atoms with Crippen LogP contribution >= 0.6 is 0 Å². The van der Waals surface area contributed by atoms with E-state index in [2.05, 4.69) is 16.1 Å². The van der Waals surface area contributed by atoms with Crippen molar-refractivity contribution < 1.29 is 14.3 Å². The van der Waals surface area contributed by atoms with Crippen molar-refractivity contribution >= 4 is 5.97 Å². The van der Waals surface area contributed by atoms with Crippen LogP contribution in [0.3, 0.4) is 0 Å². The van der Waals surface area contributed by atoms with E-state index in [1.54, 1.807) is 7.11 Å². The summed E-state index contributed by atoms with van der Waals surface area (Å²) in [5.74, 6) is -0.322. The average molecular weight is 251 g/mol. The topological polar surface area (TPSA) is 47.6 Å². The minimum absolute atomic E-state index is 0.135. The molecule has 1 aromatic rings. The van der Waals surface area contributed by atoms with Gasteiger partial charge in [0.15, 0.2) is 0 Å². The van der Waals surface area contributed by atoms with Crippen LogP contribution in [0.15, 0.2) is 24.3 Å². The molecule has 0 saturated heterocycles. The Morgan fingerprint density at radius 3 is 2.56 bits per heavy atom. The first kappa shape index (κ1) is 14.7. The maximum Gasteiger partial charge on any atom is 0.309 e. The van der Waals surface area contributed by atoms with E-state index < -0.39 is 0 Å². The molecule has 1 unspecified atom stereocenters. The summed E-state index contributed by atoms with van der Waals surface area (Å²) >= 11 is 0. The third-order valence-corrected chi connectivity index (χ3v) is 2.79. The molecule has 1 atom stereocenters. The number of benzene rings is 1. The fourth-order valence-electron chi connectivity index (χ4n) is 1.73. The van der Waals surface area contributed by atoms with Crippen molar-refractivity contribution in [3.8, 4) is 0 Å². The van der Waals surface area contributed by atoms with Crippen molar-refractivity contribution in [2.45, 2.75) is 20.1 Å². The standard InChI is InChI=1S/C14H21NO3/c1-11(14(16)18-3)8-15-9-12-6-4-5-7-13(12)10-17-2/h4-7,11,15H,8-10H2,1-3H3. The lowest BCUT2D eigenvalue weighted by Gasteiger charge is -2.12. The molecule has 4 heteroatoms. The zero-order valence-electron chi connectivity index (χ0n) is 11.2. The second-order valence-electron chi connectivity index (χ2n) is 4.26. The summed E-state index contributed by atoms with van der Waals surface area (Å²) in [6, 6.07) is 8.10. The molecule has 1 rings (SSSR count). The van der Waals surface area contributed by atoms with Crippen LogP contribution in [0.5, 0.6) is 0 Å². The Hall–Kier alpha value is -1.39. The van der Waals surface area contributed by atoms with Crippen LogP contribution in [0.4, 0.5) is 0 Å². The molecule has 0 radical (unpaired) electrons. The van der Waals surface area contributed by atoms with E-state index in [1.165, 1.54) is 18.2 Å². The third-order valence-electron chi connectivity index (χ3n) is 2.79. The minimum Gasteiger partial charge on any atom is -0.469 e. The van der Waals surface area contributed by atoms with Crippen LogP contribution in [0.2, 0.25) is 0 Å². The van der Waals surface area contributed by atoms with Crippen LogP contribution in [0, 0.1) is 5.92 Å². The molecule has 0 aliphatic heterocycles. The van der Waals surface area contributed by atoms with Crippen LogP contribution < -0.4 is 5.32 Å². The number of esters is 1. The first-order valence-corrected chi connectivity index (χ1v) is 6.03. The number of hydrogen-bond donors (Lipinski definition) is 1. The van der Waals surface area contributed by atoms with Crippen molar-refractivity contribution in [3.63, 3.8) is 0 Å². The number of methoxy groups -OCH3 is 2. The molecule has 0 heterocycles. The van der Waals surface area contributed by atoms with Gasteiger partial charge in [0.2, 0.25) is 0 Å². The second kappa shape index (κ2) is 7.84. The first-order valence-electron chi connectivity index (χ1n) is 6.03. The van der Waals surface area contributed by atoms with Crippen molar-refractivity contribution in [2.24, 2.45) is 5.92 Å². The number of carbonyl (C=O) groups is 1. The molecule has 0 fully saturated rings. The largest absolute Gasteiger partial charge is 0.469 e. The molecule has 0 aromatic heterocycles. The zero-order valence-corrected chi connectivity index (χ0v) is 11.2. The minimum atomic E-state index is -0.187. The monoisotopic (exact) mass is 251 g/mol. The van der Waals surface area contributed by atoms with E-state index in [0.717, 1.165) is 6.54 Å². The molecule has 100 valence electrons. The van der Waals surface area contributed by atoms with Crippen molar-refractivity contribution in [3.05, 3.63) is 35.4 Å². The molecule has 1 aromatic carbocycles. The molecule has 0 bridgehead atoms. The highest BCUT2D eigenvalue weighted by Gasteiger charge is 2.12. The molecular formula is C14H21NO3. The number of carbonyl (C=O) groups excluding carboxylic acids is 1. The van der Waals surface area contributed by atoms with Gasteiger partial charge in [-0.15, -0.1) is 0 Å². The lowest BCUT2D eigenvalue weighted by atomic mass is 10.1. The predicted octanol–water partition coefficient (Wildman–Crippen LogP) is 1.73. The number of nitrogens with one attached hydrogen (secondary N) is 1. The Morgan fingerprint density at radius 1 is 1.28 bits per heavy atom. The Kier molecular flexibility index (Phi) is 6.39. The molecular weight excluding hydrogens is 230 g/mol. The molecule has 0 aliphatic rings. The van der Waals surface area contributed by atoms with Gasteiger partial charge in [-0.1, -0.05) is 31.2 Å². The fraction of sp³-hybridized carbons (Fsp3) is 0.500. The normalized spacial score (nSPS) is 12.2. The molecule has 1 N–H and O–H groups in total. The van der Waals surface area contributed by atoms with E-state index in [1.807, 2.05) is 25.1 Å². The highest BCUT2D eigenvalue weighted by atomic mass is 16.5. The summed E-state index contributed by atoms with van der Waals surface area (Å²) in [6.07, 6.45) is 0. The molecule has 0 spiro atoms. The van der Waals surface area contributed by atoms with Crippen LogP contribution in [0.25, 0.3) is 0 Å². The van der Waals surface area contributed by atoms with Gasteiger partial charge >= 0.3 is 5.97 Å². The molecule has 0 saturated carbocycles. The van der Waals surface area contributed by atoms with E-state index in [-0.39, 0.29) is 11.9 Å². The summed E-state index contributed by atoms with van der Waals surface area (Å²) in [5.41, 5.74) is 2.36. The van der Waals surface area contributed by atoms with E-state index >= 15 is 0 Å². The van der Waals surface area contributed by atoms with Crippen molar-refractivity contribution in [2.75, 3.05) is 20.8 Å². The van der Waals surface area contributed by atoms with Crippen molar-refractivity contribution in [1.29, 1.82) is 0 Å². The summed E-state index contributed by atoms with van der Waals surface area (Å²) in [7, 11) is 3.09. The number of hydrogen-bond acceptors (Lipinski definition) is 4. The van der Waals surface area contributed by atoms with E-state index in [0.29, 0.717) is 13.2 Å². The van der Waals surface area contributed by atoms with Gasteiger partial charge in [-0.3, -0.25) is 4.79 Å². The molecule has 18 heavy (non-hydrogen) atoms. The van der Waals surface area contributed by atoms with Gasteiger partial charge in [-0.05, 0) is 11.1 Å². The number of ether oxygens (including phenoxy) is 2. The van der Waals surface area contributed by atoms with E-state index in [9.17, 15) is 4.79 Å². The van der Waals surface area contributed by atoms with E-state index in [4.69, 9.17) is 4.74 Å². The summed E-state index contributed by atoms with van der Waals surface area (Å²) in [4.78, 5) is 11.2. The van der Waals surface area contributed by atoms with Gasteiger partial charge < -0.3 is 14.8 Å². The first-order chi connectivity index (χ1) is 8.69. The van der Waals surface area contributed by atoms with Gasteiger partial charge in [-0.25, -0.2) is 0 Å².